The second-order valence-electron chi connectivity index (χ2n) is 9.96. The summed E-state index contributed by atoms with van der Waals surface area (Å²) < 4.78 is 0. The number of amides is 3. The average Bonchev–Trinajstić information content (AvgIpc) is 3.48. The van der Waals surface area contributed by atoms with Crippen LogP contribution in [0, 0.1) is 0 Å². The van der Waals surface area contributed by atoms with Crippen LogP contribution in [0.1, 0.15) is 83.2 Å². The highest BCUT2D eigenvalue weighted by Crippen LogP contribution is 2.39. The molecule has 8 heteroatoms. The van der Waals surface area contributed by atoms with Crippen LogP contribution in [0.3, 0.4) is 0 Å². The third kappa shape index (κ3) is 3.97. The topological polar surface area (TPSA) is 98.4 Å². The third-order valence-corrected chi connectivity index (χ3v) is 7.66. The summed E-state index contributed by atoms with van der Waals surface area (Å²) in [6, 6.07) is 7.84. The number of H-pyrrole nitrogens is 1. The summed E-state index contributed by atoms with van der Waals surface area (Å²) in [5.41, 5.74) is 5.39. The predicted octanol–water partition coefficient (Wildman–Crippen LogP) is 2.43. The molecule has 3 amide bonds. The Morgan fingerprint density at radius 2 is 1.79 bits per heavy atom. The molecule has 0 bridgehead atoms. The standard InChI is InChI=1S/C25H29N5O3/c31-23-6-5-22(24(32)26-23)30-13-18-11-17(3-4-20(18)25(30)33)15-7-9-29(10-8-15)14-19-12-21(28-27-19)16-1-2-16/h3-4,11-12,15-16,22H,1-2,5-10,13-14H2,(H,27,28)(H,26,31,32). The lowest BCUT2D eigenvalue weighted by atomic mass is 9.88. The lowest BCUT2D eigenvalue weighted by Gasteiger charge is -2.31. The van der Waals surface area contributed by atoms with Gasteiger partial charge in [-0.05, 0) is 74.4 Å². The number of nitrogens with one attached hydrogen (secondary N) is 2. The van der Waals surface area contributed by atoms with Gasteiger partial charge in [0.2, 0.25) is 11.8 Å². The monoisotopic (exact) mass is 447 g/mol. The van der Waals surface area contributed by atoms with E-state index >= 15 is 0 Å². The minimum atomic E-state index is -0.559. The molecule has 1 atom stereocenters. The zero-order valence-electron chi connectivity index (χ0n) is 18.7. The number of nitrogens with zero attached hydrogens (tertiary/aromatic N) is 3. The number of likely N-dealkylation sites (tertiary alicyclic amines) is 1. The van der Waals surface area contributed by atoms with Crippen molar-refractivity contribution in [1.29, 1.82) is 0 Å². The first-order valence-corrected chi connectivity index (χ1v) is 12.1. The van der Waals surface area contributed by atoms with Gasteiger partial charge in [-0.2, -0.15) is 5.10 Å². The molecule has 6 rings (SSSR count). The van der Waals surface area contributed by atoms with E-state index in [9.17, 15) is 14.4 Å². The van der Waals surface area contributed by atoms with Gasteiger partial charge in [-0.1, -0.05) is 12.1 Å². The number of rotatable bonds is 5. The Hall–Kier alpha value is -3.00. The Kier molecular flexibility index (Phi) is 5.05. The predicted molar refractivity (Wildman–Crippen MR) is 120 cm³/mol. The number of imide groups is 1. The van der Waals surface area contributed by atoms with Crippen molar-refractivity contribution in [3.05, 3.63) is 52.3 Å². The van der Waals surface area contributed by atoms with Crippen LogP contribution >= 0.6 is 0 Å². The second kappa shape index (κ2) is 8.09. The summed E-state index contributed by atoms with van der Waals surface area (Å²) in [7, 11) is 0. The maximum absolute atomic E-state index is 12.9. The smallest absolute Gasteiger partial charge is 0.255 e. The average molecular weight is 448 g/mol. The van der Waals surface area contributed by atoms with Crippen molar-refractivity contribution >= 4 is 17.7 Å². The molecule has 8 nitrogen and oxygen atoms in total. The first kappa shape index (κ1) is 20.6. The minimum absolute atomic E-state index is 0.106. The Balaban J connectivity index is 1.08. The van der Waals surface area contributed by atoms with Crippen molar-refractivity contribution in [3.63, 3.8) is 0 Å². The Labute approximate surface area is 192 Å². The lowest BCUT2D eigenvalue weighted by molar-refractivity contribution is -0.136. The minimum Gasteiger partial charge on any atom is -0.322 e. The van der Waals surface area contributed by atoms with E-state index < -0.39 is 6.04 Å². The third-order valence-electron chi connectivity index (χ3n) is 7.66. The van der Waals surface area contributed by atoms with E-state index in [0.717, 1.165) is 43.7 Å². The molecule has 0 radical (unpaired) electrons. The van der Waals surface area contributed by atoms with Crippen LogP contribution in [0.2, 0.25) is 0 Å². The number of aromatic amines is 1. The molecule has 1 aliphatic carbocycles. The number of carbonyl (C=O) groups excluding carboxylic acids is 3. The van der Waals surface area contributed by atoms with Crippen LogP contribution in [-0.2, 0) is 22.7 Å². The number of fused-ring (bicyclic) bond motifs is 1. The van der Waals surface area contributed by atoms with E-state index in [2.05, 4.69) is 38.6 Å². The van der Waals surface area contributed by atoms with Gasteiger partial charge in [-0.3, -0.25) is 29.7 Å². The summed E-state index contributed by atoms with van der Waals surface area (Å²) in [6.45, 7) is 3.41. The summed E-state index contributed by atoms with van der Waals surface area (Å²) in [5, 5.41) is 10.1. The molecule has 2 N–H and O–H groups in total. The van der Waals surface area contributed by atoms with Crippen molar-refractivity contribution in [2.75, 3.05) is 13.1 Å². The van der Waals surface area contributed by atoms with Crippen molar-refractivity contribution in [1.82, 2.24) is 25.3 Å². The number of carbonyl (C=O) groups is 3. The summed E-state index contributed by atoms with van der Waals surface area (Å²) in [4.78, 5) is 40.8. The highest BCUT2D eigenvalue weighted by Gasteiger charge is 2.39. The van der Waals surface area contributed by atoms with Crippen LogP contribution in [0.15, 0.2) is 24.3 Å². The van der Waals surface area contributed by atoms with Gasteiger partial charge in [-0.15, -0.1) is 0 Å². The van der Waals surface area contributed by atoms with E-state index in [4.69, 9.17) is 0 Å². The number of hydrogen-bond acceptors (Lipinski definition) is 5. The van der Waals surface area contributed by atoms with Gasteiger partial charge < -0.3 is 4.90 Å². The number of aromatic nitrogens is 2. The van der Waals surface area contributed by atoms with Gasteiger partial charge in [0.15, 0.2) is 0 Å². The number of benzene rings is 1. The van der Waals surface area contributed by atoms with Gasteiger partial charge >= 0.3 is 0 Å². The molecule has 3 aliphatic heterocycles. The summed E-state index contributed by atoms with van der Waals surface area (Å²) in [6.07, 6.45) is 5.41. The van der Waals surface area contributed by atoms with Crippen LogP contribution in [0.5, 0.6) is 0 Å². The first-order valence-electron chi connectivity index (χ1n) is 12.1. The quantitative estimate of drug-likeness (QED) is 0.686. The zero-order chi connectivity index (χ0) is 22.5. The highest BCUT2D eigenvalue weighted by molar-refractivity contribution is 6.05. The molecule has 33 heavy (non-hydrogen) atoms. The zero-order valence-corrected chi connectivity index (χ0v) is 18.7. The van der Waals surface area contributed by atoms with Crippen LogP contribution in [0.4, 0.5) is 0 Å². The van der Waals surface area contributed by atoms with E-state index in [1.165, 1.54) is 24.1 Å². The van der Waals surface area contributed by atoms with E-state index in [1.807, 2.05) is 6.07 Å². The molecule has 0 spiro atoms. The normalized spacial score (nSPS) is 24.3. The maximum atomic E-state index is 12.9. The van der Waals surface area contributed by atoms with Gasteiger partial charge in [0.25, 0.3) is 5.91 Å². The van der Waals surface area contributed by atoms with Crippen LogP contribution in [-0.4, -0.2) is 56.9 Å². The van der Waals surface area contributed by atoms with Crippen molar-refractivity contribution < 1.29 is 14.4 Å². The molecule has 4 aliphatic rings. The molecule has 1 aromatic carbocycles. The fourth-order valence-corrected chi connectivity index (χ4v) is 5.57. The molecular weight excluding hydrogens is 418 g/mol. The van der Waals surface area contributed by atoms with Crippen molar-refractivity contribution in [3.8, 4) is 0 Å². The Bertz CT molecular complexity index is 1110. The van der Waals surface area contributed by atoms with Crippen molar-refractivity contribution in [2.24, 2.45) is 0 Å². The van der Waals surface area contributed by atoms with Gasteiger partial charge in [0.1, 0.15) is 6.04 Å². The van der Waals surface area contributed by atoms with E-state index in [1.54, 1.807) is 4.90 Å². The highest BCUT2D eigenvalue weighted by atomic mass is 16.2. The van der Waals surface area contributed by atoms with E-state index in [-0.39, 0.29) is 24.1 Å². The SMILES string of the molecule is O=C1CCC(N2Cc3cc(C4CCN(Cc5cc(C6CC6)[nH]n5)CC4)ccc3C2=O)C(=O)N1. The molecule has 3 fully saturated rings. The van der Waals surface area contributed by atoms with Gasteiger partial charge in [0, 0.05) is 36.7 Å². The molecule has 1 unspecified atom stereocenters. The molecule has 4 heterocycles. The molecule has 2 aromatic rings. The van der Waals surface area contributed by atoms with Gasteiger partial charge in [0.05, 0.1) is 5.69 Å². The fraction of sp³-hybridized carbons (Fsp3) is 0.520. The van der Waals surface area contributed by atoms with Crippen molar-refractivity contribution in [2.45, 2.75) is 69.5 Å². The molecule has 172 valence electrons. The summed E-state index contributed by atoms with van der Waals surface area (Å²) >= 11 is 0. The lowest BCUT2D eigenvalue weighted by Crippen LogP contribution is -2.52. The molecule has 2 saturated heterocycles. The maximum Gasteiger partial charge on any atom is 0.255 e. The molecular formula is C25H29N5O3. The Morgan fingerprint density at radius 3 is 2.55 bits per heavy atom. The second-order valence-corrected chi connectivity index (χ2v) is 9.96. The summed E-state index contributed by atoms with van der Waals surface area (Å²) in [5.74, 6) is 0.457. The molecule has 1 saturated carbocycles. The van der Waals surface area contributed by atoms with Crippen LogP contribution in [0.25, 0.3) is 0 Å². The van der Waals surface area contributed by atoms with Gasteiger partial charge in [-0.25, -0.2) is 0 Å². The largest absolute Gasteiger partial charge is 0.322 e. The molecule has 1 aromatic heterocycles. The number of hydrogen-bond donors (Lipinski definition) is 2. The number of piperidine rings is 2. The van der Waals surface area contributed by atoms with Crippen LogP contribution < -0.4 is 5.32 Å². The Morgan fingerprint density at radius 1 is 0.970 bits per heavy atom. The fourth-order valence-electron chi connectivity index (χ4n) is 5.57. The van der Waals surface area contributed by atoms with E-state index in [0.29, 0.717) is 30.4 Å². The first-order chi connectivity index (χ1) is 16.0.